The molecule has 1 aliphatic carbocycles. The van der Waals surface area contributed by atoms with Crippen LogP contribution in [0.2, 0.25) is 0 Å². The second-order valence-electron chi connectivity index (χ2n) is 8.24. The number of ether oxygens (including phenoxy) is 1. The Morgan fingerprint density at radius 1 is 1.10 bits per heavy atom. The molecule has 0 aromatic heterocycles. The zero-order valence-electron chi connectivity index (χ0n) is 16.6. The van der Waals surface area contributed by atoms with Crippen LogP contribution in [0.1, 0.15) is 37.0 Å². The highest BCUT2D eigenvalue weighted by molar-refractivity contribution is 7.99. The topological polar surface area (TPSA) is 65.0 Å². The molecule has 5 nitrogen and oxygen atoms in total. The molecule has 29 heavy (non-hydrogen) atoms. The molecule has 6 heteroatoms. The standard InChI is InChI=1S/C23H26O5S/c1-22(15-29-18-11-7-4-8-12-18)17-13-19(23(2,25)20(14-17)27-28-22)26-21(24)16-9-5-3-6-10-16/h3-12,17,19-20,25H,13-15H2,1-2H3/t17-,19-,20+,22-,23-/m0/s1. The summed E-state index contributed by atoms with van der Waals surface area (Å²) in [4.78, 5) is 25.2. The zero-order valence-corrected chi connectivity index (χ0v) is 17.4. The van der Waals surface area contributed by atoms with E-state index in [1.165, 1.54) is 0 Å². The quantitative estimate of drug-likeness (QED) is 0.448. The number of carbonyl (C=O) groups excluding carboxylic acids is 1. The summed E-state index contributed by atoms with van der Waals surface area (Å²) in [6.45, 7) is 3.68. The average Bonchev–Trinajstić information content (AvgIpc) is 2.74. The largest absolute Gasteiger partial charge is 0.456 e. The van der Waals surface area contributed by atoms with E-state index < -0.39 is 29.4 Å². The minimum atomic E-state index is -1.31. The monoisotopic (exact) mass is 414 g/mol. The lowest BCUT2D eigenvalue weighted by molar-refractivity contribution is -0.448. The fraction of sp³-hybridized carbons (Fsp3) is 0.435. The second kappa shape index (κ2) is 8.11. The maximum atomic E-state index is 12.6. The summed E-state index contributed by atoms with van der Waals surface area (Å²) in [7, 11) is 0. The van der Waals surface area contributed by atoms with Crippen molar-refractivity contribution in [2.24, 2.45) is 5.92 Å². The van der Waals surface area contributed by atoms with Gasteiger partial charge < -0.3 is 9.84 Å². The SMILES string of the molecule is C[C@]1(O)[C@@H](OC(=O)c2ccccc2)C[C@H]2C[C@H]1OO[C@@]2(C)CSc1ccccc1. The van der Waals surface area contributed by atoms with Gasteiger partial charge in [-0.1, -0.05) is 36.4 Å². The first-order valence-corrected chi connectivity index (χ1v) is 10.9. The Labute approximate surface area is 175 Å². The number of hydrogen-bond donors (Lipinski definition) is 1. The summed E-state index contributed by atoms with van der Waals surface area (Å²) >= 11 is 1.71. The van der Waals surface area contributed by atoms with E-state index >= 15 is 0 Å². The number of rotatable bonds is 5. The van der Waals surface area contributed by atoms with Crippen LogP contribution in [0.15, 0.2) is 65.6 Å². The number of benzene rings is 2. The molecule has 1 saturated heterocycles. The molecule has 0 radical (unpaired) electrons. The number of hydrogen-bond acceptors (Lipinski definition) is 6. The van der Waals surface area contributed by atoms with Crippen molar-refractivity contribution in [1.82, 2.24) is 0 Å². The van der Waals surface area contributed by atoms with Crippen molar-refractivity contribution in [2.75, 3.05) is 5.75 Å². The van der Waals surface area contributed by atoms with E-state index in [-0.39, 0.29) is 5.92 Å². The Bertz CT molecular complexity index is 841. The van der Waals surface area contributed by atoms with Crippen LogP contribution in [-0.4, -0.2) is 40.2 Å². The zero-order chi connectivity index (χ0) is 20.5. The van der Waals surface area contributed by atoms with Gasteiger partial charge in [0, 0.05) is 10.6 Å². The molecule has 1 saturated carbocycles. The van der Waals surface area contributed by atoms with Crippen molar-refractivity contribution < 1.29 is 24.4 Å². The smallest absolute Gasteiger partial charge is 0.338 e. The van der Waals surface area contributed by atoms with Crippen LogP contribution in [0.5, 0.6) is 0 Å². The lowest BCUT2D eigenvalue weighted by atomic mass is 9.69. The molecule has 1 aliphatic heterocycles. The van der Waals surface area contributed by atoms with Gasteiger partial charge in [0.2, 0.25) is 0 Å². The molecule has 2 aromatic carbocycles. The third-order valence-corrected chi connectivity index (χ3v) is 7.37. The van der Waals surface area contributed by atoms with Crippen LogP contribution in [-0.2, 0) is 14.5 Å². The van der Waals surface area contributed by atoms with E-state index in [9.17, 15) is 9.90 Å². The number of carbonyl (C=O) groups is 1. The van der Waals surface area contributed by atoms with Crippen molar-refractivity contribution in [1.29, 1.82) is 0 Å². The van der Waals surface area contributed by atoms with Crippen LogP contribution in [0.4, 0.5) is 0 Å². The van der Waals surface area contributed by atoms with Crippen LogP contribution >= 0.6 is 11.8 Å². The minimum absolute atomic E-state index is 0.103. The maximum absolute atomic E-state index is 12.6. The molecule has 2 aliphatic rings. The van der Waals surface area contributed by atoms with Crippen LogP contribution in [0.25, 0.3) is 0 Å². The third kappa shape index (κ3) is 4.21. The Kier molecular flexibility index (Phi) is 5.71. The highest BCUT2D eigenvalue weighted by Crippen LogP contribution is 2.47. The molecular formula is C23H26O5S. The van der Waals surface area contributed by atoms with Gasteiger partial charge in [-0.05, 0) is 56.9 Å². The summed E-state index contributed by atoms with van der Waals surface area (Å²) in [5.74, 6) is 0.374. The van der Waals surface area contributed by atoms with Gasteiger partial charge >= 0.3 is 5.97 Å². The van der Waals surface area contributed by atoms with Crippen molar-refractivity contribution in [3.63, 3.8) is 0 Å². The van der Waals surface area contributed by atoms with Gasteiger partial charge in [0.05, 0.1) is 5.56 Å². The summed E-state index contributed by atoms with van der Waals surface area (Å²) in [5, 5.41) is 11.0. The van der Waals surface area contributed by atoms with Crippen molar-refractivity contribution >= 4 is 17.7 Å². The van der Waals surface area contributed by atoms with Gasteiger partial charge in [-0.2, -0.15) is 0 Å². The van der Waals surface area contributed by atoms with Crippen molar-refractivity contribution in [2.45, 2.75) is 55.0 Å². The van der Waals surface area contributed by atoms with Crippen molar-refractivity contribution in [3.8, 4) is 0 Å². The number of thioether (sulfide) groups is 1. The second-order valence-corrected chi connectivity index (χ2v) is 9.29. The van der Waals surface area contributed by atoms with E-state index in [4.69, 9.17) is 14.5 Å². The van der Waals surface area contributed by atoms with Gasteiger partial charge in [-0.3, -0.25) is 0 Å². The Morgan fingerprint density at radius 3 is 2.45 bits per heavy atom. The molecular weight excluding hydrogens is 388 g/mol. The molecule has 5 atom stereocenters. The van der Waals surface area contributed by atoms with Gasteiger partial charge in [-0.15, -0.1) is 11.8 Å². The first-order chi connectivity index (χ1) is 13.9. The summed E-state index contributed by atoms with van der Waals surface area (Å²) in [5.41, 5.74) is -1.38. The fourth-order valence-corrected chi connectivity index (χ4v) is 5.08. The summed E-state index contributed by atoms with van der Waals surface area (Å²) in [6, 6.07) is 19.0. The third-order valence-electron chi connectivity index (χ3n) is 6.05. The normalized spacial score (nSPS) is 33.8. The number of aliphatic hydroxyl groups is 1. The molecule has 154 valence electrons. The van der Waals surface area contributed by atoms with E-state index in [1.54, 1.807) is 43.0 Å². The molecule has 1 N–H and O–H groups in total. The Balaban J connectivity index is 1.48. The van der Waals surface area contributed by atoms with E-state index in [0.29, 0.717) is 24.2 Å². The van der Waals surface area contributed by atoms with Gasteiger partial charge in [0.15, 0.2) is 0 Å². The van der Waals surface area contributed by atoms with E-state index in [2.05, 4.69) is 12.1 Å². The first-order valence-electron chi connectivity index (χ1n) is 9.89. The predicted molar refractivity (Wildman–Crippen MR) is 111 cm³/mol. The van der Waals surface area contributed by atoms with Gasteiger partial charge in [0.25, 0.3) is 0 Å². The predicted octanol–water partition coefficient (Wildman–Crippen LogP) is 4.25. The molecule has 2 aromatic rings. The molecule has 0 spiro atoms. The van der Waals surface area contributed by atoms with Gasteiger partial charge in [0.1, 0.15) is 23.4 Å². The minimum Gasteiger partial charge on any atom is -0.456 e. The Morgan fingerprint density at radius 2 is 1.76 bits per heavy atom. The average molecular weight is 415 g/mol. The molecule has 0 unspecified atom stereocenters. The molecule has 4 rings (SSSR count). The summed E-state index contributed by atoms with van der Waals surface area (Å²) in [6.07, 6.45) is -0.0104. The highest BCUT2D eigenvalue weighted by atomic mass is 32.2. The fourth-order valence-electron chi connectivity index (χ4n) is 3.99. The molecule has 1 heterocycles. The maximum Gasteiger partial charge on any atom is 0.338 e. The van der Waals surface area contributed by atoms with E-state index in [0.717, 1.165) is 4.90 Å². The van der Waals surface area contributed by atoms with Crippen LogP contribution in [0, 0.1) is 5.92 Å². The first kappa shape index (κ1) is 20.4. The van der Waals surface area contributed by atoms with E-state index in [1.807, 2.05) is 31.2 Å². The Hall–Kier alpha value is -1.86. The van der Waals surface area contributed by atoms with Crippen LogP contribution < -0.4 is 0 Å². The lowest BCUT2D eigenvalue weighted by Crippen LogP contribution is -2.64. The van der Waals surface area contributed by atoms with Crippen LogP contribution in [0.3, 0.4) is 0 Å². The summed E-state index contributed by atoms with van der Waals surface area (Å²) < 4.78 is 5.75. The number of esters is 1. The number of fused-ring (bicyclic) bond motifs is 2. The van der Waals surface area contributed by atoms with Crippen molar-refractivity contribution in [3.05, 3.63) is 66.2 Å². The lowest BCUT2D eigenvalue weighted by Gasteiger charge is -2.53. The van der Waals surface area contributed by atoms with Gasteiger partial charge in [-0.25, -0.2) is 14.6 Å². The molecule has 2 fully saturated rings. The molecule has 0 amide bonds. The highest BCUT2D eigenvalue weighted by Gasteiger charge is 2.57. The molecule has 2 bridgehead atoms.